The maximum atomic E-state index is 2.23. The van der Waals surface area contributed by atoms with Gasteiger partial charge in [0.25, 0.3) is 0 Å². The molecule has 0 fully saturated rings. The summed E-state index contributed by atoms with van der Waals surface area (Å²) in [6.07, 6.45) is 0. The van der Waals surface area contributed by atoms with Crippen molar-refractivity contribution in [1.82, 2.24) is 4.90 Å². The Bertz CT molecular complexity index is 472. The lowest BCUT2D eigenvalue weighted by molar-refractivity contribution is 0.402. The van der Waals surface area contributed by atoms with Crippen LogP contribution in [0, 0.1) is 6.92 Å². The predicted molar refractivity (Wildman–Crippen MR) is 66.1 cm³/mol. The molecule has 15 heavy (non-hydrogen) atoms. The molecule has 0 atom stereocenters. The van der Waals surface area contributed by atoms with E-state index in [0.29, 0.717) is 0 Å². The lowest BCUT2D eigenvalue weighted by Crippen LogP contribution is -2.11. The first kappa shape index (κ1) is 10.2. The highest BCUT2D eigenvalue weighted by molar-refractivity contribution is 5.86. The van der Waals surface area contributed by atoms with Crippen LogP contribution in [0.2, 0.25) is 0 Å². The minimum atomic E-state index is 1.01. The van der Waals surface area contributed by atoms with E-state index in [2.05, 4.69) is 62.3 Å². The quantitative estimate of drug-likeness (QED) is 0.718. The molecule has 0 bridgehead atoms. The third-order valence-corrected chi connectivity index (χ3v) is 2.80. The molecule has 0 radical (unpaired) electrons. The Balaban J connectivity index is 2.55. The van der Waals surface area contributed by atoms with Crippen molar-refractivity contribution in [3.05, 3.63) is 47.5 Å². The van der Waals surface area contributed by atoms with E-state index >= 15 is 0 Å². The maximum Gasteiger partial charge on any atom is 0.0230 e. The summed E-state index contributed by atoms with van der Waals surface area (Å²) in [6.45, 7) is 3.22. The number of rotatable bonds is 2. The Hall–Kier alpha value is -1.34. The number of nitrogens with zero attached hydrogens (tertiary/aromatic N) is 1. The van der Waals surface area contributed by atoms with E-state index in [0.717, 1.165) is 6.54 Å². The molecule has 0 amide bonds. The molecule has 0 aliphatic heterocycles. The Morgan fingerprint density at radius 1 is 1.00 bits per heavy atom. The van der Waals surface area contributed by atoms with Gasteiger partial charge < -0.3 is 4.90 Å². The molecule has 1 nitrogen and oxygen atoms in total. The second kappa shape index (κ2) is 4.03. The molecule has 2 rings (SSSR count). The highest BCUT2D eigenvalue weighted by Gasteiger charge is 2.03. The van der Waals surface area contributed by atoms with Crippen LogP contribution in [0.1, 0.15) is 11.1 Å². The van der Waals surface area contributed by atoms with Gasteiger partial charge in [0.15, 0.2) is 0 Å². The average molecular weight is 199 g/mol. The van der Waals surface area contributed by atoms with Crippen molar-refractivity contribution in [3.8, 4) is 0 Å². The van der Waals surface area contributed by atoms with Crippen LogP contribution in [0.15, 0.2) is 36.4 Å². The minimum Gasteiger partial charge on any atom is -0.305 e. The zero-order valence-electron chi connectivity index (χ0n) is 9.62. The van der Waals surface area contributed by atoms with Crippen molar-refractivity contribution in [3.63, 3.8) is 0 Å². The van der Waals surface area contributed by atoms with E-state index in [4.69, 9.17) is 0 Å². The summed E-state index contributed by atoms with van der Waals surface area (Å²) < 4.78 is 0. The van der Waals surface area contributed by atoms with E-state index in [1.54, 1.807) is 0 Å². The summed E-state index contributed by atoms with van der Waals surface area (Å²) in [5, 5.41) is 2.70. The minimum absolute atomic E-state index is 1.01. The Morgan fingerprint density at radius 3 is 2.47 bits per heavy atom. The SMILES string of the molecule is Cc1c(CN(C)C)ccc2ccccc12. The Labute approximate surface area is 91.3 Å². The van der Waals surface area contributed by atoms with E-state index in [9.17, 15) is 0 Å². The zero-order valence-corrected chi connectivity index (χ0v) is 9.62. The first-order valence-electron chi connectivity index (χ1n) is 5.30. The van der Waals surface area contributed by atoms with Gasteiger partial charge in [-0.2, -0.15) is 0 Å². The molecule has 0 unspecified atom stereocenters. The Kier molecular flexibility index (Phi) is 2.74. The monoisotopic (exact) mass is 199 g/mol. The van der Waals surface area contributed by atoms with Crippen molar-refractivity contribution in [2.24, 2.45) is 0 Å². The van der Waals surface area contributed by atoms with Gasteiger partial charge >= 0.3 is 0 Å². The molecule has 0 aromatic heterocycles. The van der Waals surface area contributed by atoms with Crippen LogP contribution in [0.5, 0.6) is 0 Å². The summed E-state index contributed by atoms with van der Waals surface area (Å²) in [5.41, 5.74) is 2.82. The Morgan fingerprint density at radius 2 is 1.73 bits per heavy atom. The molecule has 2 aromatic rings. The fraction of sp³-hybridized carbons (Fsp3) is 0.286. The number of benzene rings is 2. The summed E-state index contributed by atoms with van der Waals surface area (Å²) >= 11 is 0. The van der Waals surface area contributed by atoms with Gasteiger partial charge in [0.1, 0.15) is 0 Å². The number of fused-ring (bicyclic) bond motifs is 1. The molecule has 0 saturated heterocycles. The molecular weight excluding hydrogens is 182 g/mol. The van der Waals surface area contributed by atoms with E-state index in [1.165, 1.54) is 21.9 Å². The lowest BCUT2D eigenvalue weighted by atomic mass is 10.00. The van der Waals surface area contributed by atoms with E-state index < -0.39 is 0 Å². The highest BCUT2D eigenvalue weighted by atomic mass is 15.0. The van der Waals surface area contributed by atoms with Gasteiger partial charge in [0.05, 0.1) is 0 Å². The molecule has 0 spiro atoms. The molecule has 0 aliphatic rings. The summed E-state index contributed by atoms with van der Waals surface area (Å²) in [5.74, 6) is 0. The van der Waals surface area contributed by atoms with Crippen LogP contribution in [-0.4, -0.2) is 19.0 Å². The standard InChI is InChI=1S/C14H17N/c1-11-13(10-15(2)3)9-8-12-6-4-5-7-14(11)12/h4-9H,10H2,1-3H3. The lowest BCUT2D eigenvalue weighted by Gasteiger charge is -2.13. The molecule has 2 aromatic carbocycles. The van der Waals surface area contributed by atoms with Gasteiger partial charge in [-0.25, -0.2) is 0 Å². The molecular formula is C14H17N. The van der Waals surface area contributed by atoms with Gasteiger partial charge in [-0.15, -0.1) is 0 Å². The smallest absolute Gasteiger partial charge is 0.0230 e. The van der Waals surface area contributed by atoms with Crippen LogP contribution in [0.4, 0.5) is 0 Å². The fourth-order valence-electron chi connectivity index (χ4n) is 1.98. The van der Waals surface area contributed by atoms with Crippen molar-refractivity contribution in [1.29, 1.82) is 0 Å². The molecule has 78 valence electrons. The largest absolute Gasteiger partial charge is 0.305 e. The maximum absolute atomic E-state index is 2.23. The van der Waals surface area contributed by atoms with Crippen LogP contribution in [-0.2, 0) is 6.54 Å². The second-order valence-corrected chi connectivity index (χ2v) is 4.31. The van der Waals surface area contributed by atoms with Crippen LogP contribution >= 0.6 is 0 Å². The van der Waals surface area contributed by atoms with E-state index in [1.807, 2.05) is 0 Å². The topological polar surface area (TPSA) is 3.24 Å². The second-order valence-electron chi connectivity index (χ2n) is 4.31. The predicted octanol–water partition coefficient (Wildman–Crippen LogP) is 3.21. The normalized spacial score (nSPS) is 11.2. The highest BCUT2D eigenvalue weighted by Crippen LogP contribution is 2.22. The molecule has 0 aliphatic carbocycles. The number of hydrogen-bond donors (Lipinski definition) is 0. The van der Waals surface area contributed by atoms with Crippen molar-refractivity contribution in [2.75, 3.05) is 14.1 Å². The van der Waals surface area contributed by atoms with Crippen molar-refractivity contribution in [2.45, 2.75) is 13.5 Å². The van der Waals surface area contributed by atoms with Crippen LogP contribution in [0.25, 0.3) is 10.8 Å². The van der Waals surface area contributed by atoms with E-state index in [-0.39, 0.29) is 0 Å². The fourth-order valence-corrected chi connectivity index (χ4v) is 1.98. The first-order valence-corrected chi connectivity index (χ1v) is 5.30. The zero-order chi connectivity index (χ0) is 10.8. The molecule has 0 heterocycles. The average Bonchev–Trinajstić information content (AvgIpc) is 2.22. The van der Waals surface area contributed by atoms with Crippen molar-refractivity contribution < 1.29 is 0 Å². The van der Waals surface area contributed by atoms with Crippen LogP contribution in [0.3, 0.4) is 0 Å². The van der Waals surface area contributed by atoms with Gasteiger partial charge in [-0.1, -0.05) is 36.4 Å². The third kappa shape index (κ3) is 2.02. The first-order chi connectivity index (χ1) is 7.18. The summed E-state index contributed by atoms with van der Waals surface area (Å²) in [4.78, 5) is 2.21. The number of aryl methyl sites for hydroxylation is 1. The molecule has 0 saturated carbocycles. The van der Waals surface area contributed by atoms with Crippen LogP contribution < -0.4 is 0 Å². The summed E-state index contributed by atoms with van der Waals surface area (Å²) in [6, 6.07) is 13.0. The van der Waals surface area contributed by atoms with Gasteiger partial charge in [0, 0.05) is 6.54 Å². The van der Waals surface area contributed by atoms with Crippen molar-refractivity contribution >= 4 is 10.8 Å². The molecule has 0 N–H and O–H groups in total. The van der Waals surface area contributed by atoms with Gasteiger partial charge in [-0.3, -0.25) is 0 Å². The third-order valence-electron chi connectivity index (χ3n) is 2.80. The number of hydrogen-bond acceptors (Lipinski definition) is 1. The van der Waals surface area contributed by atoms with Gasteiger partial charge in [-0.05, 0) is 42.9 Å². The summed E-state index contributed by atoms with van der Waals surface area (Å²) in [7, 11) is 4.21. The molecule has 1 heteroatoms. The van der Waals surface area contributed by atoms with Gasteiger partial charge in [0.2, 0.25) is 0 Å².